The van der Waals surface area contributed by atoms with Crippen molar-refractivity contribution in [1.82, 2.24) is 10.2 Å². The minimum Gasteiger partial charge on any atom is -0.315 e. The van der Waals surface area contributed by atoms with Crippen LogP contribution in [0.2, 0.25) is 0 Å². The number of nitrogens with zero attached hydrogens (tertiary/aromatic N) is 1. The van der Waals surface area contributed by atoms with Crippen molar-refractivity contribution in [3.05, 3.63) is 71.3 Å². The highest BCUT2D eigenvalue weighted by molar-refractivity contribution is 5.32. The molecule has 116 valence electrons. The quantitative estimate of drug-likeness (QED) is 0.935. The van der Waals surface area contributed by atoms with Crippen molar-refractivity contribution >= 4 is 0 Å². The van der Waals surface area contributed by atoms with E-state index in [1.165, 1.54) is 12.1 Å². The van der Waals surface area contributed by atoms with E-state index in [1.807, 2.05) is 12.1 Å². The van der Waals surface area contributed by atoms with Crippen LogP contribution in [0.15, 0.2) is 48.5 Å². The van der Waals surface area contributed by atoms with E-state index < -0.39 is 0 Å². The van der Waals surface area contributed by atoms with Gasteiger partial charge in [-0.1, -0.05) is 24.3 Å². The monoisotopic (exact) mass is 302 g/mol. The van der Waals surface area contributed by atoms with Gasteiger partial charge in [0.15, 0.2) is 0 Å². The summed E-state index contributed by atoms with van der Waals surface area (Å²) in [6.07, 6.45) is 1.03. The van der Waals surface area contributed by atoms with Crippen LogP contribution in [-0.2, 0) is 0 Å². The second kappa shape index (κ2) is 6.99. The molecule has 0 spiro atoms. The normalized spacial score (nSPS) is 16.7. The van der Waals surface area contributed by atoms with Crippen LogP contribution in [0.4, 0.5) is 8.78 Å². The molecule has 1 fully saturated rings. The lowest BCUT2D eigenvalue weighted by molar-refractivity contribution is 0.240. The smallest absolute Gasteiger partial charge is 0.123 e. The zero-order valence-electron chi connectivity index (χ0n) is 12.4. The summed E-state index contributed by atoms with van der Waals surface area (Å²) >= 11 is 0. The Morgan fingerprint density at radius 1 is 0.864 bits per heavy atom. The fraction of sp³-hybridized carbons (Fsp3) is 0.333. The second-order valence-electron chi connectivity index (χ2n) is 5.65. The SMILES string of the molecule is Fc1cccc(C(c2cccc(F)c2)N2CCCNCC2)c1. The van der Waals surface area contributed by atoms with Crippen LogP contribution >= 0.6 is 0 Å². The first-order valence-corrected chi connectivity index (χ1v) is 7.70. The lowest BCUT2D eigenvalue weighted by Gasteiger charge is -2.31. The molecule has 22 heavy (non-hydrogen) atoms. The molecule has 1 N–H and O–H groups in total. The van der Waals surface area contributed by atoms with Gasteiger partial charge in [-0.15, -0.1) is 0 Å². The van der Waals surface area contributed by atoms with Gasteiger partial charge in [-0.2, -0.15) is 0 Å². The molecule has 0 bridgehead atoms. The summed E-state index contributed by atoms with van der Waals surface area (Å²) in [5.41, 5.74) is 1.74. The molecule has 2 nitrogen and oxygen atoms in total. The number of halogens is 2. The van der Waals surface area contributed by atoms with Crippen molar-refractivity contribution in [3.8, 4) is 0 Å². The molecular formula is C18H20F2N2. The summed E-state index contributed by atoms with van der Waals surface area (Å²) in [4.78, 5) is 2.30. The fourth-order valence-electron chi connectivity index (χ4n) is 3.09. The minimum atomic E-state index is -0.258. The maximum atomic E-state index is 13.7. The zero-order chi connectivity index (χ0) is 15.4. The average Bonchev–Trinajstić information content (AvgIpc) is 2.77. The summed E-state index contributed by atoms with van der Waals surface area (Å²) in [6, 6.07) is 13.1. The summed E-state index contributed by atoms with van der Waals surface area (Å²) in [7, 11) is 0. The standard InChI is InChI=1S/C18H20F2N2/c19-16-6-1-4-14(12-16)18(15-5-2-7-17(20)13-15)22-10-3-8-21-9-11-22/h1-2,4-7,12-13,18,21H,3,8-11H2. The summed E-state index contributed by atoms with van der Waals surface area (Å²) < 4.78 is 27.3. The van der Waals surface area contributed by atoms with Gasteiger partial charge >= 0.3 is 0 Å². The minimum absolute atomic E-state index is 0.119. The number of hydrogen-bond acceptors (Lipinski definition) is 2. The number of rotatable bonds is 3. The van der Waals surface area contributed by atoms with Crippen LogP contribution in [0, 0.1) is 11.6 Å². The molecule has 1 aliphatic rings. The van der Waals surface area contributed by atoms with E-state index in [2.05, 4.69) is 10.2 Å². The Morgan fingerprint density at radius 2 is 1.50 bits per heavy atom. The van der Waals surface area contributed by atoms with Gasteiger partial charge in [0.05, 0.1) is 6.04 Å². The summed E-state index contributed by atoms with van der Waals surface area (Å²) in [5.74, 6) is -0.515. The van der Waals surface area contributed by atoms with Crippen molar-refractivity contribution < 1.29 is 8.78 Å². The van der Waals surface area contributed by atoms with Gasteiger partial charge in [-0.3, -0.25) is 4.90 Å². The molecule has 2 aromatic carbocycles. The lowest BCUT2D eigenvalue weighted by atomic mass is 9.96. The van der Waals surface area contributed by atoms with Gasteiger partial charge in [0.25, 0.3) is 0 Å². The molecule has 0 radical (unpaired) electrons. The van der Waals surface area contributed by atoms with Gasteiger partial charge in [-0.05, 0) is 48.4 Å². The second-order valence-corrected chi connectivity index (χ2v) is 5.65. The number of benzene rings is 2. The van der Waals surface area contributed by atoms with E-state index in [4.69, 9.17) is 0 Å². The average molecular weight is 302 g/mol. The van der Waals surface area contributed by atoms with Crippen LogP contribution in [0.5, 0.6) is 0 Å². The molecule has 2 aromatic rings. The highest BCUT2D eigenvalue weighted by Crippen LogP contribution is 2.30. The van der Waals surface area contributed by atoms with Crippen LogP contribution in [0.1, 0.15) is 23.6 Å². The van der Waals surface area contributed by atoms with E-state index >= 15 is 0 Å². The molecule has 1 aliphatic heterocycles. The molecule has 0 unspecified atom stereocenters. The Labute approximate surface area is 129 Å². The Bertz CT molecular complexity index is 576. The van der Waals surface area contributed by atoms with Crippen molar-refractivity contribution in [1.29, 1.82) is 0 Å². The van der Waals surface area contributed by atoms with Crippen molar-refractivity contribution in [2.75, 3.05) is 26.2 Å². The number of nitrogens with one attached hydrogen (secondary N) is 1. The third kappa shape index (κ3) is 3.51. The number of hydrogen-bond donors (Lipinski definition) is 1. The molecule has 0 aromatic heterocycles. The maximum absolute atomic E-state index is 13.7. The molecule has 1 heterocycles. The first-order chi connectivity index (χ1) is 10.7. The largest absolute Gasteiger partial charge is 0.315 e. The van der Waals surface area contributed by atoms with E-state index in [9.17, 15) is 8.78 Å². The predicted molar refractivity (Wildman–Crippen MR) is 83.7 cm³/mol. The molecule has 0 aliphatic carbocycles. The van der Waals surface area contributed by atoms with E-state index in [-0.39, 0.29) is 17.7 Å². The van der Waals surface area contributed by atoms with Crippen LogP contribution in [0.3, 0.4) is 0 Å². The maximum Gasteiger partial charge on any atom is 0.123 e. The lowest BCUT2D eigenvalue weighted by Crippen LogP contribution is -2.33. The van der Waals surface area contributed by atoms with Gasteiger partial charge in [0.1, 0.15) is 11.6 Å². The fourth-order valence-corrected chi connectivity index (χ4v) is 3.09. The molecule has 1 saturated heterocycles. The Hall–Kier alpha value is -1.78. The molecule has 4 heteroatoms. The molecule has 0 amide bonds. The predicted octanol–water partition coefficient (Wildman–Crippen LogP) is 3.35. The van der Waals surface area contributed by atoms with Crippen LogP contribution < -0.4 is 5.32 Å². The van der Waals surface area contributed by atoms with Gasteiger partial charge < -0.3 is 5.32 Å². The van der Waals surface area contributed by atoms with Gasteiger partial charge in [0.2, 0.25) is 0 Å². The zero-order valence-corrected chi connectivity index (χ0v) is 12.4. The molecular weight excluding hydrogens is 282 g/mol. The highest BCUT2D eigenvalue weighted by Gasteiger charge is 2.23. The van der Waals surface area contributed by atoms with Crippen molar-refractivity contribution in [2.45, 2.75) is 12.5 Å². The molecule has 3 rings (SSSR count). The van der Waals surface area contributed by atoms with E-state index in [0.29, 0.717) is 0 Å². The van der Waals surface area contributed by atoms with E-state index in [0.717, 1.165) is 43.7 Å². The Balaban J connectivity index is 2.01. The first kappa shape index (κ1) is 15.1. The van der Waals surface area contributed by atoms with E-state index in [1.54, 1.807) is 24.3 Å². The third-order valence-electron chi connectivity index (χ3n) is 4.07. The van der Waals surface area contributed by atoms with Gasteiger partial charge in [-0.25, -0.2) is 8.78 Å². The van der Waals surface area contributed by atoms with Crippen LogP contribution in [-0.4, -0.2) is 31.1 Å². The summed E-state index contributed by atoms with van der Waals surface area (Å²) in [5, 5.41) is 3.37. The first-order valence-electron chi connectivity index (χ1n) is 7.70. The molecule has 0 atom stereocenters. The Morgan fingerprint density at radius 3 is 2.09 bits per heavy atom. The Kier molecular flexibility index (Phi) is 4.80. The van der Waals surface area contributed by atoms with Crippen LogP contribution in [0.25, 0.3) is 0 Å². The highest BCUT2D eigenvalue weighted by atomic mass is 19.1. The molecule has 0 saturated carbocycles. The van der Waals surface area contributed by atoms with Crippen molar-refractivity contribution in [2.24, 2.45) is 0 Å². The topological polar surface area (TPSA) is 15.3 Å². The third-order valence-corrected chi connectivity index (χ3v) is 4.07. The summed E-state index contributed by atoms with van der Waals surface area (Å²) in [6.45, 7) is 3.64. The van der Waals surface area contributed by atoms with Gasteiger partial charge in [0, 0.05) is 19.6 Å². The van der Waals surface area contributed by atoms with Crippen molar-refractivity contribution in [3.63, 3.8) is 0 Å².